The number of aliphatic hydroxyl groups is 1. The number of nitrogens with zero attached hydrogens (tertiary/aromatic N) is 2. The summed E-state index contributed by atoms with van der Waals surface area (Å²) in [7, 11) is 0. The molecular weight excluding hydrogens is 403 g/mol. The van der Waals surface area contributed by atoms with Crippen molar-refractivity contribution in [3.63, 3.8) is 0 Å². The van der Waals surface area contributed by atoms with Crippen LogP contribution in [0.5, 0.6) is 0 Å². The van der Waals surface area contributed by atoms with Gasteiger partial charge in [-0.2, -0.15) is 5.26 Å². The highest BCUT2D eigenvalue weighted by molar-refractivity contribution is 8.03. The zero-order valence-electron chi connectivity index (χ0n) is 14.0. The van der Waals surface area contributed by atoms with Crippen molar-refractivity contribution in [1.29, 1.82) is 5.26 Å². The van der Waals surface area contributed by atoms with Crippen LogP contribution in [0.3, 0.4) is 0 Å². The van der Waals surface area contributed by atoms with E-state index in [-0.39, 0.29) is 24.0 Å². The van der Waals surface area contributed by atoms with E-state index in [2.05, 4.69) is 6.07 Å². The molecule has 2 aliphatic heterocycles. The van der Waals surface area contributed by atoms with Crippen LogP contribution in [0.1, 0.15) is 23.5 Å². The van der Waals surface area contributed by atoms with Crippen molar-refractivity contribution in [2.24, 2.45) is 0 Å². The molecule has 4 rings (SSSR count). The molecule has 0 bridgehead atoms. The molecule has 4 nitrogen and oxygen atoms in total. The van der Waals surface area contributed by atoms with E-state index in [1.807, 2.05) is 12.1 Å². The van der Waals surface area contributed by atoms with Crippen LogP contribution in [0.15, 0.2) is 59.1 Å². The highest BCUT2D eigenvalue weighted by Gasteiger charge is 2.51. The maximum Gasteiger partial charge on any atom is 0.231 e. The van der Waals surface area contributed by atoms with Gasteiger partial charge in [-0.3, -0.25) is 9.69 Å². The molecule has 136 valence electrons. The molecule has 0 saturated carbocycles. The number of carbonyl (C=O) groups is 1. The van der Waals surface area contributed by atoms with Crippen LogP contribution in [0.25, 0.3) is 0 Å². The van der Waals surface area contributed by atoms with Gasteiger partial charge in [0, 0.05) is 27.9 Å². The van der Waals surface area contributed by atoms with Crippen LogP contribution < -0.4 is 0 Å². The predicted molar refractivity (Wildman–Crippen MR) is 106 cm³/mol. The molecule has 0 unspecified atom stereocenters. The highest BCUT2D eigenvalue weighted by atomic mass is 35.5. The van der Waals surface area contributed by atoms with Crippen molar-refractivity contribution in [3.8, 4) is 6.07 Å². The van der Waals surface area contributed by atoms with Crippen molar-refractivity contribution in [1.82, 2.24) is 4.90 Å². The van der Waals surface area contributed by atoms with Gasteiger partial charge in [0.2, 0.25) is 5.91 Å². The summed E-state index contributed by atoms with van der Waals surface area (Å²) in [5.41, 5.74) is 0.435. The van der Waals surface area contributed by atoms with Gasteiger partial charge in [-0.15, -0.1) is 11.8 Å². The number of allylic oxidation sites excluding steroid dienone is 1. The summed E-state index contributed by atoms with van der Waals surface area (Å²) < 4.78 is 0. The summed E-state index contributed by atoms with van der Waals surface area (Å²) in [4.78, 5) is 14.4. The summed E-state index contributed by atoms with van der Waals surface area (Å²) in [5.74, 6) is -0.300. The molecule has 2 atom stereocenters. The molecule has 2 aromatic rings. The van der Waals surface area contributed by atoms with Crippen LogP contribution in [-0.2, 0) is 10.5 Å². The SMILES string of the molecule is N#CC1=C2SC[C@](O)(c3ccc(Cl)cc3)N2C(=O)C[C@@H]1c1ccc(Cl)cc1. The number of nitriles is 1. The topological polar surface area (TPSA) is 64.3 Å². The number of halogens is 2. The second kappa shape index (κ2) is 6.88. The smallest absolute Gasteiger partial charge is 0.231 e. The first-order valence-corrected chi connectivity index (χ1v) is 10.0. The molecular formula is C20H14Cl2N2O2S. The van der Waals surface area contributed by atoms with E-state index in [0.29, 0.717) is 26.2 Å². The number of benzene rings is 2. The monoisotopic (exact) mass is 416 g/mol. The predicted octanol–water partition coefficient (Wildman–Crippen LogP) is 4.64. The number of thioether (sulfide) groups is 1. The molecule has 27 heavy (non-hydrogen) atoms. The number of hydrogen-bond acceptors (Lipinski definition) is 4. The summed E-state index contributed by atoms with van der Waals surface area (Å²) >= 11 is 13.2. The Labute approximate surface area is 171 Å². The van der Waals surface area contributed by atoms with Gasteiger partial charge < -0.3 is 5.11 Å². The third-order valence-corrected chi connectivity index (χ3v) is 6.62. The summed E-state index contributed by atoms with van der Waals surface area (Å²) in [6.45, 7) is 0. The number of carbonyl (C=O) groups excluding carboxylic acids is 1. The second-order valence-electron chi connectivity index (χ2n) is 6.48. The Morgan fingerprint density at radius 2 is 1.70 bits per heavy atom. The molecule has 0 radical (unpaired) electrons. The Bertz CT molecular complexity index is 983. The van der Waals surface area contributed by atoms with Crippen molar-refractivity contribution in [2.45, 2.75) is 18.1 Å². The molecule has 1 amide bonds. The van der Waals surface area contributed by atoms with Gasteiger partial charge in [-0.25, -0.2) is 0 Å². The van der Waals surface area contributed by atoms with Crippen molar-refractivity contribution >= 4 is 40.9 Å². The maximum atomic E-state index is 13.0. The lowest BCUT2D eigenvalue weighted by Crippen LogP contribution is -2.48. The second-order valence-corrected chi connectivity index (χ2v) is 8.32. The average molecular weight is 417 g/mol. The first-order valence-electron chi connectivity index (χ1n) is 8.28. The molecule has 2 heterocycles. The number of amides is 1. The Kier molecular flexibility index (Phi) is 4.69. The molecule has 0 aromatic heterocycles. The van der Waals surface area contributed by atoms with Gasteiger partial charge >= 0.3 is 0 Å². The van der Waals surface area contributed by atoms with E-state index in [9.17, 15) is 15.2 Å². The van der Waals surface area contributed by atoms with E-state index in [1.165, 1.54) is 16.7 Å². The average Bonchev–Trinajstić information content (AvgIpc) is 3.02. The van der Waals surface area contributed by atoms with Crippen LogP contribution in [0.2, 0.25) is 10.0 Å². The van der Waals surface area contributed by atoms with Gasteiger partial charge in [0.15, 0.2) is 5.72 Å². The van der Waals surface area contributed by atoms with Crippen LogP contribution in [-0.4, -0.2) is 21.7 Å². The Morgan fingerprint density at radius 3 is 2.30 bits per heavy atom. The van der Waals surface area contributed by atoms with E-state index in [4.69, 9.17) is 23.2 Å². The molecule has 7 heteroatoms. The summed E-state index contributed by atoms with van der Waals surface area (Å²) in [5, 5.41) is 22.8. The fourth-order valence-corrected chi connectivity index (χ4v) is 5.15. The zero-order chi connectivity index (χ0) is 19.2. The minimum atomic E-state index is -1.49. The standard InChI is InChI=1S/C20H14Cl2N2O2S/c21-14-5-1-12(2-6-14)16-9-18(25)24-19(17(16)10-23)27-11-20(24,26)13-3-7-15(22)8-4-13/h1-8,16,26H,9,11H2/t16-,20+/m1/s1. The largest absolute Gasteiger partial charge is 0.366 e. The van der Waals surface area contributed by atoms with E-state index < -0.39 is 5.72 Å². The van der Waals surface area contributed by atoms with Crippen molar-refractivity contribution < 1.29 is 9.90 Å². The van der Waals surface area contributed by atoms with Crippen LogP contribution >= 0.6 is 35.0 Å². The Morgan fingerprint density at radius 1 is 1.11 bits per heavy atom. The Balaban J connectivity index is 1.79. The number of fused-ring (bicyclic) bond motifs is 1. The maximum absolute atomic E-state index is 13.0. The normalized spacial score (nSPS) is 24.7. The fourth-order valence-electron chi connectivity index (χ4n) is 3.54. The van der Waals surface area contributed by atoms with Gasteiger partial charge in [-0.1, -0.05) is 47.5 Å². The van der Waals surface area contributed by atoms with Crippen LogP contribution in [0, 0.1) is 11.3 Å². The lowest BCUT2D eigenvalue weighted by Gasteiger charge is -2.38. The lowest BCUT2D eigenvalue weighted by atomic mass is 9.85. The third kappa shape index (κ3) is 3.03. The lowest BCUT2D eigenvalue weighted by molar-refractivity contribution is -0.149. The molecule has 1 N–H and O–H groups in total. The summed E-state index contributed by atoms with van der Waals surface area (Å²) in [6.07, 6.45) is 0.116. The molecule has 1 saturated heterocycles. The van der Waals surface area contributed by atoms with Gasteiger partial charge in [0.1, 0.15) is 0 Å². The minimum Gasteiger partial charge on any atom is -0.366 e. The Hall–Kier alpha value is -1.97. The van der Waals surface area contributed by atoms with Crippen molar-refractivity contribution in [3.05, 3.63) is 80.3 Å². The summed E-state index contributed by atoms with van der Waals surface area (Å²) in [6, 6.07) is 16.2. The number of rotatable bonds is 2. The minimum absolute atomic E-state index is 0.116. The number of hydrogen-bond donors (Lipinski definition) is 1. The molecule has 2 aromatic carbocycles. The van der Waals surface area contributed by atoms with E-state index in [1.54, 1.807) is 36.4 Å². The van der Waals surface area contributed by atoms with Gasteiger partial charge in [0.05, 0.1) is 22.4 Å². The third-order valence-electron chi connectivity index (χ3n) is 4.89. The highest BCUT2D eigenvalue weighted by Crippen LogP contribution is 2.51. The van der Waals surface area contributed by atoms with Crippen molar-refractivity contribution in [2.75, 3.05) is 5.75 Å². The van der Waals surface area contributed by atoms with Crippen LogP contribution in [0.4, 0.5) is 0 Å². The first-order chi connectivity index (χ1) is 12.9. The first kappa shape index (κ1) is 18.4. The molecule has 1 fully saturated rings. The van der Waals surface area contributed by atoms with E-state index >= 15 is 0 Å². The molecule has 0 spiro atoms. The zero-order valence-corrected chi connectivity index (χ0v) is 16.4. The fraction of sp³-hybridized carbons (Fsp3) is 0.200. The van der Waals surface area contributed by atoms with Gasteiger partial charge in [-0.05, 0) is 29.8 Å². The molecule has 2 aliphatic rings. The quantitative estimate of drug-likeness (QED) is 0.774. The molecule has 0 aliphatic carbocycles. The van der Waals surface area contributed by atoms with E-state index in [0.717, 1.165) is 5.56 Å². The van der Waals surface area contributed by atoms with Gasteiger partial charge in [0.25, 0.3) is 0 Å².